The van der Waals surface area contributed by atoms with Gasteiger partial charge in [0.15, 0.2) is 18.2 Å². The Morgan fingerprint density at radius 3 is 2.68 bits per heavy atom. The molecule has 0 aliphatic rings. The van der Waals surface area contributed by atoms with Crippen molar-refractivity contribution in [1.29, 1.82) is 0 Å². The van der Waals surface area contributed by atoms with Crippen LogP contribution in [0.1, 0.15) is 13.8 Å². The second-order valence-corrected chi connectivity index (χ2v) is 5.84. The molecule has 0 atom stereocenters. The van der Waals surface area contributed by atoms with E-state index < -0.39 is 11.4 Å². The minimum absolute atomic E-state index is 0.0215. The van der Waals surface area contributed by atoms with Gasteiger partial charge >= 0.3 is 0 Å². The summed E-state index contributed by atoms with van der Waals surface area (Å²) in [6, 6.07) is 4.34. The number of ether oxygens (including phenoxy) is 1. The standard InChI is InChI=1S/C13H17BrFNO3/c1-13(2,18)8-16(3)12(17)7-19-11-5-4-9(14)6-10(11)15/h4-6,18H,7-8H2,1-3H3. The van der Waals surface area contributed by atoms with Crippen LogP contribution in [0.4, 0.5) is 4.39 Å². The maximum atomic E-state index is 13.5. The van der Waals surface area contributed by atoms with Gasteiger partial charge in [0.25, 0.3) is 5.91 Å². The van der Waals surface area contributed by atoms with Gasteiger partial charge in [-0.3, -0.25) is 4.79 Å². The Hall–Kier alpha value is -1.14. The van der Waals surface area contributed by atoms with Crippen molar-refractivity contribution in [1.82, 2.24) is 4.90 Å². The fraction of sp³-hybridized carbons (Fsp3) is 0.462. The van der Waals surface area contributed by atoms with Gasteiger partial charge in [0.05, 0.1) is 5.60 Å². The molecule has 0 heterocycles. The Morgan fingerprint density at radius 1 is 1.53 bits per heavy atom. The van der Waals surface area contributed by atoms with Crippen LogP contribution < -0.4 is 4.74 Å². The highest BCUT2D eigenvalue weighted by Gasteiger charge is 2.19. The van der Waals surface area contributed by atoms with Crippen LogP contribution in [-0.2, 0) is 4.79 Å². The van der Waals surface area contributed by atoms with E-state index in [4.69, 9.17) is 4.74 Å². The zero-order chi connectivity index (χ0) is 14.6. The normalized spacial score (nSPS) is 11.3. The van der Waals surface area contributed by atoms with Gasteiger partial charge in [0, 0.05) is 18.1 Å². The van der Waals surface area contributed by atoms with Crippen molar-refractivity contribution in [3.63, 3.8) is 0 Å². The van der Waals surface area contributed by atoms with Crippen molar-refractivity contribution in [2.45, 2.75) is 19.4 Å². The molecule has 1 N–H and O–H groups in total. The molecule has 1 aromatic carbocycles. The molecule has 1 amide bonds. The van der Waals surface area contributed by atoms with Crippen LogP contribution in [0.2, 0.25) is 0 Å². The van der Waals surface area contributed by atoms with E-state index in [2.05, 4.69) is 15.9 Å². The Morgan fingerprint density at radius 2 is 2.16 bits per heavy atom. The molecule has 0 aliphatic heterocycles. The average Bonchev–Trinajstić information content (AvgIpc) is 2.25. The summed E-state index contributed by atoms with van der Waals surface area (Å²) in [5, 5.41) is 9.60. The molecular weight excluding hydrogens is 317 g/mol. The van der Waals surface area contributed by atoms with Crippen molar-refractivity contribution in [3.05, 3.63) is 28.5 Å². The van der Waals surface area contributed by atoms with E-state index in [0.717, 1.165) is 0 Å². The molecule has 0 saturated carbocycles. The molecule has 0 unspecified atom stereocenters. The fourth-order valence-corrected chi connectivity index (χ4v) is 1.84. The quantitative estimate of drug-likeness (QED) is 0.898. The third kappa shape index (κ3) is 5.57. The lowest BCUT2D eigenvalue weighted by Crippen LogP contribution is -2.41. The van der Waals surface area contributed by atoms with Crippen molar-refractivity contribution >= 4 is 21.8 Å². The minimum atomic E-state index is -0.979. The number of halogens is 2. The molecule has 6 heteroatoms. The van der Waals surface area contributed by atoms with Gasteiger partial charge < -0.3 is 14.7 Å². The number of carbonyl (C=O) groups is 1. The molecule has 106 valence electrons. The lowest BCUT2D eigenvalue weighted by atomic mass is 10.1. The number of nitrogens with zero attached hydrogens (tertiary/aromatic N) is 1. The summed E-state index contributed by atoms with van der Waals surface area (Å²) in [5.74, 6) is -0.843. The highest BCUT2D eigenvalue weighted by atomic mass is 79.9. The Labute approximate surface area is 120 Å². The van der Waals surface area contributed by atoms with Crippen LogP contribution in [0.3, 0.4) is 0 Å². The number of amides is 1. The summed E-state index contributed by atoms with van der Waals surface area (Å²) in [6.07, 6.45) is 0. The number of rotatable bonds is 5. The van der Waals surface area contributed by atoms with Gasteiger partial charge in [-0.15, -0.1) is 0 Å². The summed E-state index contributed by atoms with van der Waals surface area (Å²) < 4.78 is 19.2. The summed E-state index contributed by atoms with van der Waals surface area (Å²) in [6.45, 7) is 3.11. The summed E-state index contributed by atoms with van der Waals surface area (Å²) in [4.78, 5) is 13.1. The minimum Gasteiger partial charge on any atom is -0.481 e. The molecule has 0 spiro atoms. The predicted molar refractivity (Wildman–Crippen MR) is 73.5 cm³/mol. The molecule has 0 fully saturated rings. The molecule has 0 bridgehead atoms. The average molecular weight is 334 g/mol. The van der Waals surface area contributed by atoms with Crippen molar-refractivity contribution in [2.24, 2.45) is 0 Å². The highest BCUT2D eigenvalue weighted by molar-refractivity contribution is 9.10. The third-order valence-electron chi connectivity index (χ3n) is 2.29. The van der Waals surface area contributed by atoms with Gasteiger partial charge in [-0.05, 0) is 32.0 Å². The number of hydrogen-bond acceptors (Lipinski definition) is 3. The number of likely N-dealkylation sites (N-methyl/N-ethyl adjacent to an activating group) is 1. The zero-order valence-corrected chi connectivity index (χ0v) is 12.7. The number of hydrogen-bond donors (Lipinski definition) is 1. The van der Waals surface area contributed by atoms with E-state index in [-0.39, 0.29) is 24.8 Å². The van der Waals surface area contributed by atoms with E-state index in [0.29, 0.717) is 4.47 Å². The molecule has 0 aliphatic carbocycles. The van der Waals surface area contributed by atoms with Crippen LogP contribution in [0.15, 0.2) is 22.7 Å². The van der Waals surface area contributed by atoms with Crippen LogP contribution in [-0.4, -0.2) is 41.7 Å². The van der Waals surface area contributed by atoms with Gasteiger partial charge in [0.1, 0.15) is 0 Å². The maximum Gasteiger partial charge on any atom is 0.260 e. The molecule has 0 saturated heterocycles. The fourth-order valence-electron chi connectivity index (χ4n) is 1.51. The lowest BCUT2D eigenvalue weighted by Gasteiger charge is -2.25. The van der Waals surface area contributed by atoms with Crippen LogP contribution in [0.25, 0.3) is 0 Å². The predicted octanol–water partition coefficient (Wildman–Crippen LogP) is 2.20. The molecule has 19 heavy (non-hydrogen) atoms. The van der Waals surface area contributed by atoms with Gasteiger partial charge in [0.2, 0.25) is 0 Å². The lowest BCUT2D eigenvalue weighted by molar-refractivity contribution is -0.134. The molecular formula is C13H17BrFNO3. The number of benzene rings is 1. The smallest absolute Gasteiger partial charge is 0.260 e. The van der Waals surface area contributed by atoms with Crippen molar-refractivity contribution < 1.29 is 19.0 Å². The highest BCUT2D eigenvalue weighted by Crippen LogP contribution is 2.21. The van der Waals surface area contributed by atoms with E-state index in [9.17, 15) is 14.3 Å². The van der Waals surface area contributed by atoms with Gasteiger partial charge in [-0.25, -0.2) is 4.39 Å². The van der Waals surface area contributed by atoms with E-state index >= 15 is 0 Å². The van der Waals surface area contributed by atoms with E-state index in [1.807, 2.05) is 0 Å². The molecule has 0 aromatic heterocycles. The van der Waals surface area contributed by atoms with Crippen molar-refractivity contribution in [2.75, 3.05) is 20.2 Å². The summed E-state index contributed by atoms with van der Waals surface area (Å²) in [5.41, 5.74) is -0.979. The zero-order valence-electron chi connectivity index (χ0n) is 11.1. The first-order valence-electron chi connectivity index (χ1n) is 5.73. The van der Waals surface area contributed by atoms with E-state index in [1.54, 1.807) is 27.0 Å². The Kier molecular flexibility index (Phi) is 5.31. The van der Waals surface area contributed by atoms with Crippen LogP contribution in [0, 0.1) is 5.82 Å². The van der Waals surface area contributed by atoms with Crippen molar-refractivity contribution in [3.8, 4) is 5.75 Å². The first kappa shape index (κ1) is 15.9. The first-order valence-corrected chi connectivity index (χ1v) is 6.52. The summed E-state index contributed by atoms with van der Waals surface area (Å²) >= 11 is 3.13. The third-order valence-corrected chi connectivity index (χ3v) is 2.79. The van der Waals surface area contributed by atoms with Gasteiger partial charge in [-0.1, -0.05) is 15.9 Å². The van der Waals surface area contributed by atoms with Crippen LogP contribution in [0.5, 0.6) is 5.75 Å². The Bertz CT molecular complexity index is 460. The molecule has 1 rings (SSSR count). The second-order valence-electron chi connectivity index (χ2n) is 4.93. The molecule has 4 nitrogen and oxygen atoms in total. The molecule has 0 radical (unpaired) electrons. The number of aliphatic hydroxyl groups is 1. The number of carbonyl (C=O) groups excluding carboxylic acids is 1. The first-order chi connectivity index (χ1) is 8.69. The topological polar surface area (TPSA) is 49.8 Å². The maximum absolute atomic E-state index is 13.5. The van der Waals surface area contributed by atoms with Crippen LogP contribution >= 0.6 is 15.9 Å². The summed E-state index contributed by atoms with van der Waals surface area (Å²) in [7, 11) is 1.56. The van der Waals surface area contributed by atoms with Gasteiger partial charge in [-0.2, -0.15) is 0 Å². The monoisotopic (exact) mass is 333 g/mol. The molecule has 1 aromatic rings. The Balaban J connectivity index is 2.54. The largest absolute Gasteiger partial charge is 0.481 e. The van der Waals surface area contributed by atoms with E-state index in [1.165, 1.54) is 17.0 Å². The SMILES string of the molecule is CN(CC(C)(C)O)C(=O)COc1ccc(Br)cc1F. The second kappa shape index (κ2) is 6.34.